The molecule has 0 aliphatic carbocycles. The van der Waals surface area contributed by atoms with Crippen LogP contribution < -0.4 is 0 Å². The van der Waals surface area contributed by atoms with Crippen LogP contribution in [-0.2, 0) is 13.1 Å². The van der Waals surface area contributed by atoms with Crippen molar-refractivity contribution in [2.24, 2.45) is 0 Å². The normalized spacial score (nSPS) is 22.6. The second kappa shape index (κ2) is 7.51. The zero-order chi connectivity index (χ0) is 16.2. The highest BCUT2D eigenvalue weighted by Gasteiger charge is 2.28. The fraction of sp³-hybridized carbons (Fsp3) is 0.556. The molecule has 2 heterocycles. The Hall–Kier alpha value is -1.30. The van der Waals surface area contributed by atoms with Gasteiger partial charge in [0.1, 0.15) is 10.0 Å². The molecule has 1 saturated heterocycles. The largest absolute Gasteiger partial charge is 0.297 e. The van der Waals surface area contributed by atoms with Crippen LogP contribution in [0.3, 0.4) is 0 Å². The molecule has 1 aromatic carbocycles. The minimum Gasteiger partial charge on any atom is -0.297 e. The standard InChI is InChI=1S/C18H26N4S/c1-14-11-17(21(3)13-18-20-19-15(2)23-18)9-10-22(14)12-16-7-5-4-6-8-16/h4-8,14,17H,9-13H2,1-3H3/t14-,17+/m0/s1. The maximum Gasteiger partial charge on any atom is 0.131 e. The summed E-state index contributed by atoms with van der Waals surface area (Å²) in [6.45, 7) is 7.53. The van der Waals surface area contributed by atoms with Gasteiger partial charge in [-0.25, -0.2) is 0 Å². The van der Waals surface area contributed by atoms with Crippen molar-refractivity contribution in [2.75, 3.05) is 13.6 Å². The Morgan fingerprint density at radius 1 is 1.26 bits per heavy atom. The molecule has 2 atom stereocenters. The lowest BCUT2D eigenvalue weighted by Gasteiger charge is -2.41. The molecule has 0 bridgehead atoms. The Morgan fingerprint density at radius 3 is 2.70 bits per heavy atom. The van der Waals surface area contributed by atoms with E-state index in [-0.39, 0.29) is 0 Å². The summed E-state index contributed by atoms with van der Waals surface area (Å²) in [6, 6.07) is 12.1. The van der Waals surface area contributed by atoms with Crippen LogP contribution in [0.25, 0.3) is 0 Å². The lowest BCUT2D eigenvalue weighted by molar-refractivity contribution is 0.0770. The molecule has 0 unspecified atom stereocenters. The molecule has 1 aliphatic rings. The number of hydrogen-bond acceptors (Lipinski definition) is 5. The fourth-order valence-electron chi connectivity index (χ4n) is 3.39. The van der Waals surface area contributed by atoms with Gasteiger partial charge in [0.05, 0.1) is 6.54 Å². The first-order valence-corrected chi connectivity index (χ1v) is 9.20. The number of rotatable bonds is 5. The molecule has 4 nitrogen and oxygen atoms in total. The first-order valence-electron chi connectivity index (χ1n) is 8.39. The molecular formula is C18H26N4S. The van der Waals surface area contributed by atoms with E-state index in [0.29, 0.717) is 12.1 Å². The number of aromatic nitrogens is 2. The molecule has 1 aliphatic heterocycles. The molecule has 0 N–H and O–H groups in total. The third-order valence-electron chi connectivity index (χ3n) is 4.79. The van der Waals surface area contributed by atoms with E-state index in [1.54, 1.807) is 11.3 Å². The molecule has 0 saturated carbocycles. The maximum absolute atomic E-state index is 4.26. The van der Waals surface area contributed by atoms with Gasteiger partial charge in [-0.1, -0.05) is 30.3 Å². The SMILES string of the molecule is Cc1nnc(CN(C)[C@@H]2CCN(Cc3ccccc3)[C@@H](C)C2)s1. The molecule has 5 heteroatoms. The van der Waals surface area contributed by atoms with Crippen molar-refractivity contribution in [2.45, 2.75) is 51.9 Å². The van der Waals surface area contributed by atoms with Crippen LogP contribution in [0.2, 0.25) is 0 Å². The van der Waals surface area contributed by atoms with Crippen LogP contribution in [0.1, 0.15) is 35.3 Å². The van der Waals surface area contributed by atoms with Gasteiger partial charge in [-0.05, 0) is 39.3 Å². The molecule has 1 aromatic heterocycles. The molecular weight excluding hydrogens is 304 g/mol. The Bertz CT molecular complexity index is 612. The van der Waals surface area contributed by atoms with Crippen molar-refractivity contribution in [3.05, 3.63) is 45.9 Å². The van der Waals surface area contributed by atoms with E-state index in [0.717, 1.165) is 23.1 Å². The van der Waals surface area contributed by atoms with Crippen molar-refractivity contribution < 1.29 is 0 Å². The smallest absolute Gasteiger partial charge is 0.131 e. The lowest BCUT2D eigenvalue weighted by atomic mass is 9.96. The summed E-state index contributed by atoms with van der Waals surface area (Å²) in [5, 5.41) is 10.6. The van der Waals surface area contributed by atoms with Crippen molar-refractivity contribution in [3.63, 3.8) is 0 Å². The summed E-state index contributed by atoms with van der Waals surface area (Å²) in [7, 11) is 2.22. The Kier molecular flexibility index (Phi) is 5.41. The number of likely N-dealkylation sites (tertiary alicyclic amines) is 1. The molecule has 0 amide bonds. The van der Waals surface area contributed by atoms with Gasteiger partial charge >= 0.3 is 0 Å². The third-order valence-corrected chi connectivity index (χ3v) is 5.61. The highest BCUT2D eigenvalue weighted by Crippen LogP contribution is 2.24. The number of aryl methyl sites for hydroxylation is 1. The highest BCUT2D eigenvalue weighted by molar-refractivity contribution is 7.11. The van der Waals surface area contributed by atoms with E-state index < -0.39 is 0 Å². The molecule has 23 heavy (non-hydrogen) atoms. The van der Waals surface area contributed by atoms with Crippen LogP contribution in [0.5, 0.6) is 0 Å². The van der Waals surface area contributed by atoms with E-state index >= 15 is 0 Å². The second-order valence-corrected chi connectivity index (χ2v) is 7.88. The first-order chi connectivity index (χ1) is 11.1. The van der Waals surface area contributed by atoms with Crippen molar-refractivity contribution in [3.8, 4) is 0 Å². The average molecular weight is 331 g/mol. The van der Waals surface area contributed by atoms with Gasteiger partial charge in [-0.15, -0.1) is 21.5 Å². The summed E-state index contributed by atoms with van der Waals surface area (Å²) >= 11 is 1.71. The molecule has 124 valence electrons. The van der Waals surface area contributed by atoms with E-state index in [1.165, 1.54) is 24.9 Å². The Labute approximate surface area is 143 Å². The second-order valence-electron chi connectivity index (χ2n) is 6.61. The summed E-state index contributed by atoms with van der Waals surface area (Å²) in [5.41, 5.74) is 1.41. The van der Waals surface area contributed by atoms with Crippen LogP contribution in [0.15, 0.2) is 30.3 Å². The number of nitrogens with zero attached hydrogens (tertiary/aromatic N) is 4. The van der Waals surface area contributed by atoms with E-state index in [1.807, 2.05) is 6.92 Å². The lowest BCUT2D eigenvalue weighted by Crippen LogP contribution is -2.47. The zero-order valence-corrected chi connectivity index (χ0v) is 15.1. The fourth-order valence-corrected chi connectivity index (χ4v) is 4.17. The predicted molar refractivity (Wildman–Crippen MR) is 95.4 cm³/mol. The molecule has 3 rings (SSSR count). The van der Waals surface area contributed by atoms with E-state index in [2.05, 4.69) is 64.3 Å². The summed E-state index contributed by atoms with van der Waals surface area (Å²) in [5.74, 6) is 0. The topological polar surface area (TPSA) is 32.3 Å². The van der Waals surface area contributed by atoms with Crippen molar-refractivity contribution in [1.82, 2.24) is 20.0 Å². The molecule has 1 fully saturated rings. The monoisotopic (exact) mass is 330 g/mol. The van der Waals surface area contributed by atoms with Crippen LogP contribution in [0.4, 0.5) is 0 Å². The van der Waals surface area contributed by atoms with Gasteiger partial charge in [-0.3, -0.25) is 9.80 Å². The van der Waals surface area contributed by atoms with Gasteiger partial charge < -0.3 is 0 Å². The first kappa shape index (κ1) is 16.6. The van der Waals surface area contributed by atoms with Gasteiger partial charge in [0, 0.05) is 25.2 Å². The minimum atomic E-state index is 0.618. The van der Waals surface area contributed by atoms with E-state index in [9.17, 15) is 0 Å². The number of piperidine rings is 1. The van der Waals surface area contributed by atoms with Gasteiger partial charge in [0.2, 0.25) is 0 Å². The summed E-state index contributed by atoms with van der Waals surface area (Å²) < 4.78 is 0. The van der Waals surface area contributed by atoms with Gasteiger partial charge in [-0.2, -0.15) is 0 Å². The maximum atomic E-state index is 4.26. The van der Waals surface area contributed by atoms with Crippen LogP contribution in [-0.4, -0.2) is 45.7 Å². The van der Waals surface area contributed by atoms with Crippen molar-refractivity contribution >= 4 is 11.3 Å². The molecule has 0 spiro atoms. The summed E-state index contributed by atoms with van der Waals surface area (Å²) in [6.07, 6.45) is 2.45. The van der Waals surface area contributed by atoms with Crippen molar-refractivity contribution in [1.29, 1.82) is 0 Å². The Morgan fingerprint density at radius 2 is 2.04 bits per heavy atom. The van der Waals surface area contributed by atoms with Gasteiger partial charge in [0.15, 0.2) is 0 Å². The number of benzene rings is 1. The van der Waals surface area contributed by atoms with E-state index in [4.69, 9.17) is 0 Å². The summed E-state index contributed by atoms with van der Waals surface area (Å²) in [4.78, 5) is 5.06. The predicted octanol–water partition coefficient (Wildman–Crippen LogP) is 3.33. The average Bonchev–Trinajstić information content (AvgIpc) is 2.95. The number of hydrogen-bond donors (Lipinski definition) is 0. The highest BCUT2D eigenvalue weighted by atomic mass is 32.1. The minimum absolute atomic E-state index is 0.618. The Balaban J connectivity index is 1.53. The quantitative estimate of drug-likeness (QED) is 0.842. The third kappa shape index (κ3) is 4.37. The zero-order valence-electron chi connectivity index (χ0n) is 14.3. The molecule has 0 radical (unpaired) electrons. The molecule has 2 aromatic rings. The van der Waals surface area contributed by atoms with Crippen LogP contribution >= 0.6 is 11.3 Å². The van der Waals surface area contributed by atoms with Crippen LogP contribution in [0, 0.1) is 6.92 Å². The van der Waals surface area contributed by atoms with Gasteiger partial charge in [0.25, 0.3) is 0 Å².